The first-order valence-corrected chi connectivity index (χ1v) is 18.0. The van der Waals surface area contributed by atoms with Crippen LogP contribution >= 0.6 is 0 Å². The van der Waals surface area contributed by atoms with Crippen molar-refractivity contribution in [2.45, 2.75) is 115 Å². The minimum atomic E-state index is -4.47. The van der Waals surface area contributed by atoms with E-state index in [1.165, 1.54) is 22.4 Å². The summed E-state index contributed by atoms with van der Waals surface area (Å²) in [5.41, 5.74) is 0.350. The standard InChI is InChI=1S/C38H46BF3N4O4/c1-5-31(39-49-32-28-19-27(36(28,2)3)20-37(32,4)50-39)45-34(47)30-18-25(15-9-13-23-11-7-6-8-12-23)33-44-22-29(35(48)46(30)33)43-21-24-14-10-16-26(17-24)38(40,41)42/h6-8,10-12,14,16-17,22,25,27-28,30-32,43H,5,9,13,15,18-21H2,1-4H3,(H,45,47)/t25-,27?,28?,30-,31-,32+,37-/m0/s1. The van der Waals surface area contributed by atoms with Crippen LogP contribution in [0.2, 0.25) is 0 Å². The molecule has 266 valence electrons. The van der Waals surface area contributed by atoms with E-state index in [4.69, 9.17) is 9.31 Å². The molecular weight excluding hydrogens is 644 g/mol. The lowest BCUT2D eigenvalue weighted by atomic mass is 9.45. The number of benzene rings is 2. The molecule has 2 N–H and O–H groups in total. The number of halogens is 3. The second-order valence-corrected chi connectivity index (χ2v) is 15.5. The zero-order valence-electron chi connectivity index (χ0n) is 29.1. The molecule has 5 aliphatic rings. The number of anilines is 1. The molecule has 8 nitrogen and oxygen atoms in total. The molecule has 3 saturated carbocycles. The molecule has 2 aliphatic heterocycles. The van der Waals surface area contributed by atoms with Gasteiger partial charge in [0.1, 0.15) is 17.6 Å². The maximum atomic E-state index is 14.2. The number of fused-ring (bicyclic) bond motifs is 1. The average Bonchev–Trinajstić information content (AvgIpc) is 3.65. The predicted octanol–water partition coefficient (Wildman–Crippen LogP) is 7.09. The molecule has 0 radical (unpaired) electrons. The Labute approximate surface area is 291 Å². The van der Waals surface area contributed by atoms with Gasteiger partial charge in [0.15, 0.2) is 0 Å². The molecule has 7 atom stereocenters. The quantitative estimate of drug-likeness (QED) is 0.209. The Morgan fingerprint density at radius 2 is 1.86 bits per heavy atom. The van der Waals surface area contributed by atoms with E-state index < -0.39 is 42.0 Å². The fraction of sp³-hybridized carbons (Fsp3) is 0.553. The second kappa shape index (κ2) is 13.2. The molecule has 3 aliphatic carbocycles. The molecule has 0 spiro atoms. The van der Waals surface area contributed by atoms with Crippen molar-refractivity contribution in [2.24, 2.45) is 17.3 Å². The topological polar surface area (TPSA) is 94.5 Å². The third kappa shape index (κ3) is 6.38. The fourth-order valence-electron chi connectivity index (χ4n) is 8.97. The maximum absolute atomic E-state index is 14.2. The van der Waals surface area contributed by atoms with Crippen molar-refractivity contribution in [3.8, 4) is 0 Å². The normalized spacial score (nSPS) is 28.4. The number of nitrogens with one attached hydrogen (secondary N) is 2. The fourth-order valence-corrected chi connectivity index (χ4v) is 8.97. The molecule has 4 fully saturated rings. The maximum Gasteiger partial charge on any atom is 0.481 e. The number of hydrogen-bond acceptors (Lipinski definition) is 6. The summed E-state index contributed by atoms with van der Waals surface area (Å²) in [6.07, 6.45) is 2.47. The number of rotatable bonds is 11. The minimum Gasteiger partial charge on any atom is -0.404 e. The van der Waals surface area contributed by atoms with Gasteiger partial charge in [0, 0.05) is 12.5 Å². The summed E-state index contributed by atoms with van der Waals surface area (Å²) in [7, 11) is -0.591. The van der Waals surface area contributed by atoms with E-state index >= 15 is 0 Å². The first-order valence-electron chi connectivity index (χ1n) is 18.0. The first-order chi connectivity index (χ1) is 23.8. The Morgan fingerprint density at radius 3 is 2.58 bits per heavy atom. The van der Waals surface area contributed by atoms with Crippen molar-refractivity contribution in [1.29, 1.82) is 0 Å². The van der Waals surface area contributed by atoms with Gasteiger partial charge in [0.25, 0.3) is 5.56 Å². The number of amides is 1. The van der Waals surface area contributed by atoms with E-state index in [-0.39, 0.29) is 35.6 Å². The highest BCUT2D eigenvalue weighted by Crippen LogP contribution is 2.64. The SMILES string of the molecule is CC[C@H](NC(=O)[C@@H]1C[C@H](CCCc2ccccc2)c2ncc(NCc3cccc(C(F)(F)F)c3)c(=O)n21)B1O[C@@H]2C3CC(C[C@]2(C)O1)C3(C)C. The van der Waals surface area contributed by atoms with Crippen molar-refractivity contribution in [3.05, 3.63) is 93.7 Å². The predicted molar refractivity (Wildman–Crippen MR) is 185 cm³/mol. The van der Waals surface area contributed by atoms with Gasteiger partial charge in [-0.05, 0) is 92.4 Å². The molecule has 3 heterocycles. The summed E-state index contributed by atoms with van der Waals surface area (Å²) in [4.78, 5) is 32.9. The summed E-state index contributed by atoms with van der Waals surface area (Å²) in [5.74, 6) is 0.741. The zero-order valence-corrected chi connectivity index (χ0v) is 29.1. The van der Waals surface area contributed by atoms with E-state index in [0.717, 1.165) is 44.2 Å². The molecule has 8 rings (SSSR count). The minimum absolute atomic E-state index is 0.00951. The lowest BCUT2D eigenvalue weighted by Gasteiger charge is -2.63. The number of aromatic nitrogens is 2. The van der Waals surface area contributed by atoms with Crippen molar-refractivity contribution < 1.29 is 27.3 Å². The molecule has 50 heavy (non-hydrogen) atoms. The zero-order chi connectivity index (χ0) is 35.4. The van der Waals surface area contributed by atoms with Crippen molar-refractivity contribution in [3.63, 3.8) is 0 Å². The molecule has 1 aromatic heterocycles. The Balaban J connectivity index is 1.10. The van der Waals surface area contributed by atoms with Gasteiger partial charge in [-0.2, -0.15) is 13.2 Å². The van der Waals surface area contributed by atoms with Crippen LogP contribution in [-0.2, 0) is 33.2 Å². The molecule has 1 amide bonds. The summed E-state index contributed by atoms with van der Waals surface area (Å²) >= 11 is 0. The van der Waals surface area contributed by atoms with Crippen LogP contribution in [0.4, 0.5) is 18.9 Å². The molecule has 2 unspecified atom stereocenters. The van der Waals surface area contributed by atoms with Crippen molar-refractivity contribution in [2.75, 3.05) is 5.32 Å². The van der Waals surface area contributed by atoms with Gasteiger partial charge < -0.3 is 19.9 Å². The largest absolute Gasteiger partial charge is 0.481 e. The number of nitrogens with zero attached hydrogens (tertiary/aromatic N) is 2. The third-order valence-corrected chi connectivity index (χ3v) is 12.0. The Morgan fingerprint density at radius 1 is 1.10 bits per heavy atom. The molecular formula is C38H46BF3N4O4. The number of aryl methyl sites for hydroxylation is 1. The number of alkyl halides is 3. The highest BCUT2D eigenvalue weighted by atomic mass is 19.4. The molecule has 12 heteroatoms. The smallest absolute Gasteiger partial charge is 0.404 e. The number of carbonyl (C=O) groups is 1. The average molecular weight is 691 g/mol. The Kier molecular flexibility index (Phi) is 9.16. The first kappa shape index (κ1) is 34.8. The third-order valence-electron chi connectivity index (χ3n) is 12.0. The van der Waals surface area contributed by atoms with Crippen LogP contribution in [0.1, 0.15) is 101 Å². The van der Waals surface area contributed by atoms with Gasteiger partial charge in [-0.25, -0.2) is 4.98 Å². The van der Waals surface area contributed by atoms with Gasteiger partial charge in [-0.3, -0.25) is 14.2 Å². The van der Waals surface area contributed by atoms with Gasteiger partial charge in [0.2, 0.25) is 5.91 Å². The van der Waals surface area contributed by atoms with Crippen LogP contribution in [0.3, 0.4) is 0 Å². The summed E-state index contributed by atoms with van der Waals surface area (Å²) in [6, 6.07) is 14.4. The molecule has 1 saturated heterocycles. The second-order valence-electron chi connectivity index (χ2n) is 15.5. The van der Waals surface area contributed by atoms with Crippen LogP contribution in [-0.4, -0.2) is 40.2 Å². The molecule has 3 aromatic rings. The highest BCUT2D eigenvalue weighted by molar-refractivity contribution is 6.47. The van der Waals surface area contributed by atoms with Gasteiger partial charge >= 0.3 is 13.3 Å². The summed E-state index contributed by atoms with van der Waals surface area (Å²) in [6.45, 7) is 8.73. The van der Waals surface area contributed by atoms with Crippen LogP contribution in [0.25, 0.3) is 0 Å². The Hall–Kier alpha value is -3.64. The van der Waals surface area contributed by atoms with E-state index in [2.05, 4.69) is 48.5 Å². The van der Waals surface area contributed by atoms with Crippen LogP contribution < -0.4 is 16.2 Å². The van der Waals surface area contributed by atoms with E-state index in [1.807, 2.05) is 25.1 Å². The van der Waals surface area contributed by atoms with Crippen molar-refractivity contribution >= 4 is 18.7 Å². The lowest BCUT2D eigenvalue weighted by molar-refractivity contribution is -0.185. The highest BCUT2D eigenvalue weighted by Gasteiger charge is 2.67. The molecule has 2 aromatic carbocycles. The van der Waals surface area contributed by atoms with E-state index in [1.54, 1.807) is 6.07 Å². The molecule has 2 bridgehead atoms. The summed E-state index contributed by atoms with van der Waals surface area (Å²) in [5, 5.41) is 6.18. The Bertz CT molecular complexity index is 1790. The number of carbonyl (C=O) groups excluding carboxylic acids is 1. The van der Waals surface area contributed by atoms with E-state index in [9.17, 15) is 22.8 Å². The van der Waals surface area contributed by atoms with Crippen LogP contribution in [0.15, 0.2) is 65.6 Å². The van der Waals surface area contributed by atoms with Gasteiger partial charge in [0.05, 0.1) is 29.4 Å². The van der Waals surface area contributed by atoms with Gasteiger partial charge in [-0.15, -0.1) is 0 Å². The monoisotopic (exact) mass is 690 g/mol. The van der Waals surface area contributed by atoms with E-state index in [0.29, 0.717) is 36.1 Å². The summed E-state index contributed by atoms with van der Waals surface area (Å²) < 4.78 is 54.6. The van der Waals surface area contributed by atoms with Crippen molar-refractivity contribution in [1.82, 2.24) is 14.9 Å². The van der Waals surface area contributed by atoms with Gasteiger partial charge in [-0.1, -0.05) is 63.2 Å². The number of hydrogen-bond donors (Lipinski definition) is 2. The van der Waals surface area contributed by atoms with Crippen LogP contribution in [0, 0.1) is 17.3 Å². The van der Waals surface area contributed by atoms with Crippen LogP contribution in [0.5, 0.6) is 0 Å². The lowest BCUT2D eigenvalue weighted by Crippen LogP contribution is -2.63.